The third-order valence-electron chi connectivity index (χ3n) is 4.44. The second kappa shape index (κ2) is 8.85. The van der Waals surface area contributed by atoms with Gasteiger partial charge in [0.15, 0.2) is 11.6 Å². The number of nitrogens with zero attached hydrogens (tertiary/aromatic N) is 5. The first-order chi connectivity index (χ1) is 10.4. The van der Waals surface area contributed by atoms with Crippen LogP contribution in [0.25, 0.3) is 23.0 Å². The maximum absolute atomic E-state index is 4.78. The molecule has 5 nitrogen and oxygen atoms in total. The second-order valence-corrected chi connectivity index (χ2v) is 5.74. The summed E-state index contributed by atoms with van der Waals surface area (Å²) in [5, 5.41) is 0. The molecule has 3 aromatic heterocycles. The van der Waals surface area contributed by atoms with Crippen LogP contribution in [0.4, 0.5) is 0 Å². The molecule has 8 heteroatoms. The van der Waals surface area contributed by atoms with E-state index in [1.54, 1.807) is 0 Å². The van der Waals surface area contributed by atoms with Crippen molar-refractivity contribution in [1.82, 2.24) is 24.1 Å². The van der Waals surface area contributed by atoms with Gasteiger partial charge in [-0.1, -0.05) is 6.07 Å². The molecule has 0 bridgehead atoms. The summed E-state index contributed by atoms with van der Waals surface area (Å²) in [6.07, 6.45) is 0. The van der Waals surface area contributed by atoms with Gasteiger partial charge in [0.1, 0.15) is 11.4 Å². The predicted molar refractivity (Wildman–Crippen MR) is 87.6 cm³/mol. The maximum Gasteiger partial charge on any atom is 2.00 e. The molecule has 1 radical (unpaired) electrons. The Kier molecular flexibility index (Phi) is 8.37. The molecule has 0 aliphatic rings. The van der Waals surface area contributed by atoms with Crippen molar-refractivity contribution in [1.29, 1.82) is 0 Å². The fraction of sp³-hybridized carbons (Fsp3) is 0.353. The van der Waals surface area contributed by atoms with Crippen molar-refractivity contribution < 1.29 is 41.6 Å². The van der Waals surface area contributed by atoms with Crippen LogP contribution in [-0.4, -0.2) is 24.1 Å². The summed E-state index contributed by atoms with van der Waals surface area (Å²) in [6.45, 7) is 8.19. The van der Waals surface area contributed by atoms with Crippen LogP contribution in [0.1, 0.15) is 22.8 Å². The molecule has 0 unspecified atom stereocenters. The fourth-order valence-electron chi connectivity index (χ4n) is 2.57. The normalized spacial score (nSPS) is 9.84. The van der Waals surface area contributed by atoms with Gasteiger partial charge in [0.05, 0.1) is 11.4 Å². The van der Waals surface area contributed by atoms with E-state index in [2.05, 4.69) is 32.9 Å². The molecular weight excluding hydrogens is 404 g/mol. The Bertz CT molecular complexity index is 803. The van der Waals surface area contributed by atoms with Crippen molar-refractivity contribution in [3.63, 3.8) is 0 Å². The molecule has 0 aliphatic heterocycles. The van der Waals surface area contributed by atoms with Crippen LogP contribution < -0.4 is 24.8 Å². The Balaban J connectivity index is 0.00000192. The average molecular weight is 425 g/mol. The van der Waals surface area contributed by atoms with E-state index >= 15 is 0 Å². The molecular formula is C17H21Cl2CoN5. The van der Waals surface area contributed by atoms with Crippen LogP contribution in [0.15, 0.2) is 18.2 Å². The molecule has 0 spiro atoms. The Morgan fingerprint density at radius 2 is 1.04 bits per heavy atom. The summed E-state index contributed by atoms with van der Waals surface area (Å²) >= 11 is 0. The van der Waals surface area contributed by atoms with E-state index < -0.39 is 0 Å². The van der Waals surface area contributed by atoms with Crippen LogP contribution in [0.5, 0.6) is 0 Å². The maximum atomic E-state index is 4.78. The number of rotatable bonds is 2. The molecule has 0 aromatic carbocycles. The van der Waals surface area contributed by atoms with Gasteiger partial charge < -0.3 is 33.9 Å². The molecule has 3 aromatic rings. The smallest absolute Gasteiger partial charge is 1.00 e. The van der Waals surface area contributed by atoms with E-state index in [4.69, 9.17) is 4.98 Å². The molecule has 0 saturated carbocycles. The van der Waals surface area contributed by atoms with Gasteiger partial charge in [-0.05, 0) is 39.8 Å². The number of pyridine rings is 1. The van der Waals surface area contributed by atoms with E-state index in [-0.39, 0.29) is 41.6 Å². The predicted octanol–water partition coefficient (Wildman–Crippen LogP) is -2.88. The van der Waals surface area contributed by atoms with Crippen LogP contribution in [0.2, 0.25) is 0 Å². The molecule has 0 atom stereocenters. The minimum absolute atomic E-state index is 0. The second-order valence-electron chi connectivity index (χ2n) is 5.74. The van der Waals surface area contributed by atoms with E-state index in [1.165, 1.54) is 0 Å². The van der Waals surface area contributed by atoms with Crippen LogP contribution in [0.3, 0.4) is 0 Å². The molecule has 3 rings (SSSR count). The van der Waals surface area contributed by atoms with Gasteiger partial charge in [0, 0.05) is 25.5 Å². The molecule has 3 heterocycles. The molecule has 0 amide bonds. The van der Waals surface area contributed by atoms with Crippen molar-refractivity contribution >= 4 is 0 Å². The Labute approximate surface area is 171 Å². The molecule has 0 fully saturated rings. The Morgan fingerprint density at radius 3 is 1.32 bits per heavy atom. The summed E-state index contributed by atoms with van der Waals surface area (Å²) < 4.78 is 4.16. The fourth-order valence-corrected chi connectivity index (χ4v) is 2.57. The van der Waals surface area contributed by atoms with Gasteiger partial charge in [0.2, 0.25) is 0 Å². The van der Waals surface area contributed by atoms with Gasteiger partial charge in [-0.25, -0.2) is 15.0 Å². The van der Waals surface area contributed by atoms with Gasteiger partial charge in [-0.15, -0.1) is 0 Å². The Hall–Kier alpha value is -1.34. The third kappa shape index (κ3) is 4.08. The number of hydrogen-bond acceptors (Lipinski definition) is 3. The first kappa shape index (κ1) is 23.7. The quantitative estimate of drug-likeness (QED) is 0.444. The number of halogens is 2. The van der Waals surface area contributed by atoms with Gasteiger partial charge in [-0.2, -0.15) is 0 Å². The summed E-state index contributed by atoms with van der Waals surface area (Å²) in [4.78, 5) is 14.0. The number of aryl methyl sites for hydroxylation is 2. The first-order valence-corrected chi connectivity index (χ1v) is 7.37. The van der Waals surface area contributed by atoms with Crippen LogP contribution in [0, 0.1) is 27.7 Å². The van der Waals surface area contributed by atoms with Gasteiger partial charge >= 0.3 is 16.8 Å². The summed E-state index contributed by atoms with van der Waals surface area (Å²) in [5.41, 5.74) is 6.13. The van der Waals surface area contributed by atoms with E-state index in [0.717, 1.165) is 45.8 Å². The summed E-state index contributed by atoms with van der Waals surface area (Å²) in [5.74, 6) is 1.78. The molecule has 0 N–H and O–H groups in total. The van der Waals surface area contributed by atoms with E-state index in [9.17, 15) is 0 Å². The first-order valence-electron chi connectivity index (χ1n) is 7.37. The monoisotopic (exact) mass is 424 g/mol. The van der Waals surface area contributed by atoms with Crippen molar-refractivity contribution in [2.24, 2.45) is 14.1 Å². The summed E-state index contributed by atoms with van der Waals surface area (Å²) in [6, 6.07) is 6.00. The standard InChI is InChI=1S/C17H21N5.2ClH.Co/c1-10-12(3)21(5)16(18-10)14-8-7-9-15(20-14)17-19-11(2)13(4)22(17)6;;;/h7-9H,1-6H3;2*1H;/q;;;+2/p-2. The topological polar surface area (TPSA) is 48.5 Å². The molecule has 0 saturated heterocycles. The van der Waals surface area contributed by atoms with Crippen LogP contribution >= 0.6 is 0 Å². The minimum Gasteiger partial charge on any atom is -1.00 e. The number of imidazole rings is 2. The average Bonchev–Trinajstić information content (AvgIpc) is 2.92. The minimum atomic E-state index is 0. The third-order valence-corrected chi connectivity index (χ3v) is 4.44. The van der Waals surface area contributed by atoms with Crippen molar-refractivity contribution in [2.75, 3.05) is 0 Å². The number of aromatic nitrogens is 5. The number of hydrogen-bond donors (Lipinski definition) is 0. The van der Waals surface area contributed by atoms with Gasteiger partial charge in [0.25, 0.3) is 0 Å². The van der Waals surface area contributed by atoms with Crippen molar-refractivity contribution in [3.05, 3.63) is 41.0 Å². The SMILES string of the molecule is Cc1nc(-c2cccc(-c3nc(C)c(C)n3C)n2)n(C)c1C.[Cl-].[Cl-].[Co+2]. The molecule has 0 aliphatic carbocycles. The van der Waals surface area contributed by atoms with Crippen molar-refractivity contribution in [3.8, 4) is 23.0 Å². The molecule has 25 heavy (non-hydrogen) atoms. The largest absolute Gasteiger partial charge is 2.00 e. The summed E-state index contributed by atoms with van der Waals surface area (Å²) in [7, 11) is 4.04. The van der Waals surface area contributed by atoms with Crippen LogP contribution in [-0.2, 0) is 30.9 Å². The zero-order valence-electron chi connectivity index (χ0n) is 15.1. The van der Waals surface area contributed by atoms with Crippen molar-refractivity contribution in [2.45, 2.75) is 27.7 Å². The van der Waals surface area contributed by atoms with E-state index in [0.29, 0.717) is 0 Å². The van der Waals surface area contributed by atoms with E-state index in [1.807, 2.05) is 46.1 Å². The molecule has 137 valence electrons. The zero-order chi connectivity index (χ0) is 16.0. The zero-order valence-corrected chi connectivity index (χ0v) is 17.6. The van der Waals surface area contributed by atoms with Gasteiger partial charge in [-0.3, -0.25) is 0 Å². The Morgan fingerprint density at radius 1 is 0.680 bits per heavy atom.